The first-order valence-electron chi connectivity index (χ1n) is 4.89. The minimum absolute atomic E-state index is 0.383. The number of nitrogens with two attached hydrogens (primary N) is 2. The molecule has 0 saturated carbocycles. The van der Waals surface area contributed by atoms with Crippen molar-refractivity contribution in [2.75, 3.05) is 11.5 Å². The van der Waals surface area contributed by atoms with Gasteiger partial charge in [-0.25, -0.2) is 0 Å². The maximum absolute atomic E-state index is 6.14. The first-order valence-corrected chi connectivity index (χ1v) is 6.40. The van der Waals surface area contributed by atoms with Crippen molar-refractivity contribution in [2.24, 2.45) is 0 Å². The van der Waals surface area contributed by atoms with E-state index in [0.717, 1.165) is 0 Å². The van der Waals surface area contributed by atoms with Gasteiger partial charge in [0.05, 0.1) is 15.1 Å². The molecule has 0 radical (unpaired) electrons. The zero-order valence-corrected chi connectivity index (χ0v) is 12.0. The Morgan fingerprint density at radius 2 is 1.17 bits per heavy atom. The van der Waals surface area contributed by atoms with Crippen molar-refractivity contribution in [3.8, 4) is 11.1 Å². The van der Waals surface area contributed by atoms with E-state index in [9.17, 15) is 0 Å². The van der Waals surface area contributed by atoms with E-state index in [2.05, 4.69) is 0 Å². The summed E-state index contributed by atoms with van der Waals surface area (Å²) in [4.78, 5) is 0. The van der Waals surface area contributed by atoms with Gasteiger partial charge in [0.1, 0.15) is 0 Å². The number of hydrogen-bond donors (Lipinski definition) is 2. The molecule has 0 atom stereocenters. The van der Waals surface area contributed by atoms with Crippen molar-refractivity contribution in [3.63, 3.8) is 0 Å². The molecule has 2 nitrogen and oxygen atoms in total. The second-order valence-electron chi connectivity index (χ2n) is 3.71. The summed E-state index contributed by atoms with van der Waals surface area (Å²) < 4.78 is 0. The van der Waals surface area contributed by atoms with Crippen LogP contribution in [-0.4, -0.2) is 0 Å². The first-order chi connectivity index (χ1) is 8.40. The zero-order valence-electron chi connectivity index (χ0n) is 8.98. The van der Waals surface area contributed by atoms with Gasteiger partial charge in [0.15, 0.2) is 0 Å². The Morgan fingerprint density at radius 3 is 1.67 bits per heavy atom. The topological polar surface area (TPSA) is 52.0 Å². The molecule has 6 heteroatoms. The van der Waals surface area contributed by atoms with Crippen LogP contribution in [0.2, 0.25) is 20.1 Å². The van der Waals surface area contributed by atoms with Crippen molar-refractivity contribution < 1.29 is 0 Å². The molecule has 0 aliphatic rings. The van der Waals surface area contributed by atoms with E-state index in [1.165, 1.54) is 0 Å². The summed E-state index contributed by atoms with van der Waals surface area (Å²) in [6.07, 6.45) is 0. The van der Waals surface area contributed by atoms with Crippen LogP contribution in [0.3, 0.4) is 0 Å². The molecule has 4 N–H and O–H groups in total. The molecule has 0 saturated heterocycles. The lowest BCUT2D eigenvalue weighted by Gasteiger charge is -2.13. The van der Waals surface area contributed by atoms with Crippen LogP contribution < -0.4 is 11.5 Å². The number of nitrogen functional groups attached to an aromatic ring is 2. The fourth-order valence-corrected chi connectivity index (χ4v) is 2.99. The number of hydrogen-bond acceptors (Lipinski definition) is 2. The molecular weight excluding hydrogens is 314 g/mol. The van der Waals surface area contributed by atoms with E-state index in [1.807, 2.05) is 0 Å². The average molecular weight is 322 g/mol. The average Bonchev–Trinajstić information content (AvgIpc) is 2.20. The Kier molecular flexibility index (Phi) is 3.83. The highest BCUT2D eigenvalue weighted by molar-refractivity contribution is 6.42. The lowest BCUT2D eigenvalue weighted by Crippen LogP contribution is -1.94. The largest absolute Gasteiger partial charge is 0.399 e. The SMILES string of the molecule is Nc1cc(Cl)c(-c2c(N)cc(Cl)cc2Cl)c(Cl)c1. The van der Waals surface area contributed by atoms with Gasteiger partial charge in [-0.05, 0) is 24.3 Å². The molecule has 0 heterocycles. The van der Waals surface area contributed by atoms with Crippen LogP contribution in [0.1, 0.15) is 0 Å². The maximum Gasteiger partial charge on any atom is 0.0521 e. The summed E-state index contributed by atoms with van der Waals surface area (Å²) in [5.74, 6) is 0. The fourth-order valence-electron chi connectivity index (χ4n) is 1.69. The molecule has 2 aromatic carbocycles. The molecule has 94 valence electrons. The third-order valence-electron chi connectivity index (χ3n) is 2.40. The number of anilines is 2. The monoisotopic (exact) mass is 320 g/mol. The van der Waals surface area contributed by atoms with Crippen molar-refractivity contribution in [1.82, 2.24) is 0 Å². The molecule has 0 bridgehead atoms. The summed E-state index contributed by atoms with van der Waals surface area (Å²) in [5, 5.41) is 1.60. The molecule has 0 fully saturated rings. The normalized spacial score (nSPS) is 10.7. The zero-order chi connectivity index (χ0) is 13.4. The minimum Gasteiger partial charge on any atom is -0.399 e. The summed E-state index contributed by atoms with van der Waals surface area (Å²) in [6.45, 7) is 0. The van der Waals surface area contributed by atoms with Gasteiger partial charge in [-0.3, -0.25) is 0 Å². The molecule has 0 aliphatic carbocycles. The molecule has 0 aliphatic heterocycles. The number of rotatable bonds is 1. The van der Waals surface area contributed by atoms with Gasteiger partial charge >= 0.3 is 0 Å². The highest BCUT2D eigenvalue weighted by Crippen LogP contribution is 2.43. The highest BCUT2D eigenvalue weighted by atomic mass is 35.5. The van der Waals surface area contributed by atoms with Crippen LogP contribution in [0.4, 0.5) is 11.4 Å². The molecule has 0 aromatic heterocycles. The van der Waals surface area contributed by atoms with E-state index in [1.54, 1.807) is 24.3 Å². The van der Waals surface area contributed by atoms with Gasteiger partial charge in [-0.1, -0.05) is 46.4 Å². The number of benzene rings is 2. The standard InChI is InChI=1S/C12H8Cl4N2/c13-5-1-7(14)12(10(18)2-5)11-8(15)3-6(17)4-9(11)16/h1-4H,17-18H2. The predicted octanol–water partition coefficient (Wildman–Crippen LogP) is 5.13. The van der Waals surface area contributed by atoms with E-state index < -0.39 is 0 Å². The van der Waals surface area contributed by atoms with Crippen molar-refractivity contribution in [2.45, 2.75) is 0 Å². The van der Waals surface area contributed by atoms with Crippen LogP contribution in [0, 0.1) is 0 Å². The fraction of sp³-hybridized carbons (Fsp3) is 0. The predicted molar refractivity (Wildman–Crippen MR) is 80.7 cm³/mol. The second kappa shape index (κ2) is 5.06. The third-order valence-corrected chi connectivity index (χ3v) is 3.51. The van der Waals surface area contributed by atoms with Crippen molar-refractivity contribution in [3.05, 3.63) is 44.4 Å². The second-order valence-corrected chi connectivity index (χ2v) is 5.37. The van der Waals surface area contributed by atoms with Gasteiger partial charge in [0.2, 0.25) is 0 Å². The van der Waals surface area contributed by atoms with Gasteiger partial charge in [0.25, 0.3) is 0 Å². The maximum atomic E-state index is 6.14. The molecule has 0 spiro atoms. The van der Waals surface area contributed by atoms with Crippen molar-refractivity contribution >= 4 is 57.8 Å². The Labute approximate surface area is 124 Å². The summed E-state index contributed by atoms with van der Waals surface area (Å²) in [6, 6.07) is 6.35. The van der Waals surface area contributed by atoms with E-state index in [4.69, 9.17) is 57.9 Å². The number of halogens is 4. The Bertz CT molecular complexity index is 524. The molecular formula is C12H8Cl4N2. The molecule has 18 heavy (non-hydrogen) atoms. The Morgan fingerprint density at radius 1 is 0.667 bits per heavy atom. The smallest absolute Gasteiger partial charge is 0.0521 e. The molecule has 0 unspecified atom stereocenters. The minimum atomic E-state index is 0.383. The van der Waals surface area contributed by atoms with Crippen LogP contribution in [-0.2, 0) is 0 Å². The summed E-state index contributed by atoms with van der Waals surface area (Å²) >= 11 is 24.3. The lowest BCUT2D eigenvalue weighted by molar-refractivity contribution is 1.60. The van der Waals surface area contributed by atoms with Gasteiger partial charge in [-0.2, -0.15) is 0 Å². The Hall–Kier alpha value is -0.800. The first kappa shape index (κ1) is 13.6. The van der Waals surface area contributed by atoms with Gasteiger partial charge < -0.3 is 11.5 Å². The van der Waals surface area contributed by atoms with E-state index >= 15 is 0 Å². The highest BCUT2D eigenvalue weighted by Gasteiger charge is 2.16. The summed E-state index contributed by atoms with van der Waals surface area (Å²) in [5.41, 5.74) is 13.5. The lowest BCUT2D eigenvalue weighted by atomic mass is 10.0. The third kappa shape index (κ3) is 2.47. The Balaban J connectivity index is 2.78. The van der Waals surface area contributed by atoms with Gasteiger partial charge in [-0.15, -0.1) is 0 Å². The van der Waals surface area contributed by atoms with E-state index in [0.29, 0.717) is 42.6 Å². The van der Waals surface area contributed by atoms with Crippen LogP contribution in [0.25, 0.3) is 11.1 Å². The van der Waals surface area contributed by atoms with Gasteiger partial charge in [0, 0.05) is 27.5 Å². The molecule has 2 rings (SSSR count). The van der Waals surface area contributed by atoms with Crippen LogP contribution >= 0.6 is 46.4 Å². The summed E-state index contributed by atoms with van der Waals surface area (Å²) in [7, 11) is 0. The molecule has 0 amide bonds. The van der Waals surface area contributed by atoms with Crippen LogP contribution in [0.15, 0.2) is 24.3 Å². The quantitative estimate of drug-likeness (QED) is 0.715. The van der Waals surface area contributed by atoms with Crippen LogP contribution in [0.5, 0.6) is 0 Å². The van der Waals surface area contributed by atoms with E-state index in [-0.39, 0.29) is 0 Å². The van der Waals surface area contributed by atoms with Crippen molar-refractivity contribution in [1.29, 1.82) is 0 Å². The molecule has 2 aromatic rings.